The molecule has 0 fully saturated rings. The van der Waals surface area contributed by atoms with Gasteiger partial charge in [0.05, 0.1) is 13.1 Å². The van der Waals surface area contributed by atoms with E-state index in [1.54, 1.807) is 0 Å². The summed E-state index contributed by atoms with van der Waals surface area (Å²) in [4.78, 5) is 0. The molecule has 2 aromatic rings. The van der Waals surface area contributed by atoms with E-state index >= 15 is 0 Å². The van der Waals surface area contributed by atoms with Crippen molar-refractivity contribution in [2.24, 2.45) is 0 Å². The minimum absolute atomic E-state index is 0.293. The Morgan fingerprint density at radius 2 is 2.33 bits per heavy atom. The molecule has 12 heavy (non-hydrogen) atoms. The summed E-state index contributed by atoms with van der Waals surface area (Å²) in [5.74, 6) is 0. The van der Waals surface area contributed by atoms with Gasteiger partial charge in [-0.25, -0.2) is 4.68 Å². The first-order chi connectivity index (χ1) is 6.18. The maximum atomic E-state index is 12.3. The summed E-state index contributed by atoms with van der Waals surface area (Å²) in [6, 6.07) is 4.72. The SMILES string of the molecule is [2H]c1ccc2c(cnn2C(F)F)c1. The number of halogens is 2. The number of rotatable bonds is 1. The van der Waals surface area contributed by atoms with Crippen LogP contribution in [0.5, 0.6) is 0 Å². The molecule has 0 radical (unpaired) electrons. The summed E-state index contributed by atoms with van der Waals surface area (Å²) in [5, 5.41) is 4.08. The highest BCUT2D eigenvalue weighted by Crippen LogP contribution is 2.18. The Morgan fingerprint density at radius 1 is 1.50 bits per heavy atom. The quantitative estimate of drug-likeness (QED) is 0.641. The molecule has 0 N–H and O–H groups in total. The number of benzene rings is 1. The number of alkyl halides is 2. The number of fused-ring (bicyclic) bond motifs is 1. The van der Waals surface area contributed by atoms with E-state index < -0.39 is 6.55 Å². The van der Waals surface area contributed by atoms with Gasteiger partial charge in [0.25, 0.3) is 0 Å². The van der Waals surface area contributed by atoms with Crippen molar-refractivity contribution in [1.29, 1.82) is 0 Å². The minimum Gasteiger partial charge on any atom is -0.204 e. The molecule has 0 bridgehead atoms. The van der Waals surface area contributed by atoms with Gasteiger partial charge in [0.2, 0.25) is 0 Å². The molecule has 62 valence electrons. The number of hydrogen-bond donors (Lipinski definition) is 0. The van der Waals surface area contributed by atoms with Crippen molar-refractivity contribution in [3.63, 3.8) is 0 Å². The predicted molar refractivity (Wildman–Crippen MR) is 41.0 cm³/mol. The maximum Gasteiger partial charge on any atom is 0.333 e. The zero-order valence-corrected chi connectivity index (χ0v) is 6.04. The largest absolute Gasteiger partial charge is 0.333 e. The van der Waals surface area contributed by atoms with Crippen molar-refractivity contribution >= 4 is 10.9 Å². The van der Waals surface area contributed by atoms with Crippen molar-refractivity contribution < 1.29 is 10.2 Å². The topological polar surface area (TPSA) is 17.8 Å². The number of nitrogens with zero attached hydrogens (tertiary/aromatic N) is 2. The molecule has 1 heterocycles. The van der Waals surface area contributed by atoms with Crippen LogP contribution in [0.4, 0.5) is 8.78 Å². The van der Waals surface area contributed by atoms with E-state index in [0.717, 1.165) is 0 Å². The predicted octanol–water partition coefficient (Wildman–Crippen LogP) is 2.43. The molecular formula is C8H6F2N2. The van der Waals surface area contributed by atoms with E-state index in [9.17, 15) is 8.78 Å². The summed E-state index contributed by atoms with van der Waals surface area (Å²) in [6.07, 6.45) is 1.33. The third-order valence-corrected chi connectivity index (χ3v) is 1.62. The molecule has 0 aliphatic heterocycles. The summed E-state index contributed by atoms with van der Waals surface area (Å²) >= 11 is 0. The second-order valence-electron chi connectivity index (χ2n) is 2.35. The molecule has 0 aliphatic rings. The summed E-state index contributed by atoms with van der Waals surface area (Å²) in [6.45, 7) is -2.63. The van der Waals surface area contributed by atoms with E-state index in [-0.39, 0.29) is 0 Å². The number of hydrogen-bond acceptors (Lipinski definition) is 1. The van der Waals surface area contributed by atoms with Crippen LogP contribution in [0.1, 0.15) is 7.92 Å². The van der Waals surface area contributed by atoms with Crippen LogP contribution in [0.2, 0.25) is 0 Å². The lowest BCUT2D eigenvalue weighted by atomic mass is 10.3. The van der Waals surface area contributed by atoms with Gasteiger partial charge in [-0.1, -0.05) is 18.2 Å². The van der Waals surface area contributed by atoms with Crippen molar-refractivity contribution in [3.05, 3.63) is 30.4 Å². The number of aromatic nitrogens is 2. The fourth-order valence-corrected chi connectivity index (χ4v) is 1.09. The molecule has 2 rings (SSSR count). The van der Waals surface area contributed by atoms with Crippen LogP contribution in [0.25, 0.3) is 10.9 Å². The number of para-hydroxylation sites is 1. The zero-order chi connectivity index (χ0) is 9.42. The Kier molecular flexibility index (Phi) is 1.30. The fraction of sp³-hybridized carbons (Fsp3) is 0.125. The van der Waals surface area contributed by atoms with E-state index in [0.29, 0.717) is 21.6 Å². The van der Waals surface area contributed by atoms with Gasteiger partial charge in [-0.3, -0.25) is 0 Å². The highest BCUT2D eigenvalue weighted by Gasteiger charge is 2.09. The van der Waals surface area contributed by atoms with E-state index in [4.69, 9.17) is 1.37 Å². The van der Waals surface area contributed by atoms with Crippen molar-refractivity contribution in [2.45, 2.75) is 6.55 Å². The lowest BCUT2D eigenvalue weighted by Crippen LogP contribution is -1.98. The Morgan fingerprint density at radius 3 is 3.08 bits per heavy atom. The van der Waals surface area contributed by atoms with Gasteiger partial charge in [0.1, 0.15) is 0 Å². The minimum atomic E-state index is -2.63. The second-order valence-corrected chi connectivity index (χ2v) is 2.35. The normalized spacial score (nSPS) is 12.4. The highest BCUT2D eigenvalue weighted by atomic mass is 19.3. The molecule has 0 saturated heterocycles. The third-order valence-electron chi connectivity index (χ3n) is 1.62. The van der Waals surface area contributed by atoms with E-state index in [1.165, 1.54) is 24.4 Å². The average molecular weight is 169 g/mol. The van der Waals surface area contributed by atoms with Crippen LogP contribution >= 0.6 is 0 Å². The lowest BCUT2D eigenvalue weighted by Gasteiger charge is -1.99. The first-order valence-corrected chi connectivity index (χ1v) is 3.40. The summed E-state index contributed by atoms with van der Waals surface area (Å²) in [5.41, 5.74) is 0.353. The van der Waals surface area contributed by atoms with Crippen molar-refractivity contribution in [1.82, 2.24) is 9.78 Å². The van der Waals surface area contributed by atoms with Gasteiger partial charge in [0.15, 0.2) is 0 Å². The first-order valence-electron chi connectivity index (χ1n) is 3.90. The molecule has 2 nitrogen and oxygen atoms in total. The molecule has 0 unspecified atom stereocenters. The van der Waals surface area contributed by atoms with Crippen LogP contribution in [0, 0.1) is 0 Å². The van der Waals surface area contributed by atoms with Gasteiger partial charge in [0, 0.05) is 5.39 Å². The molecule has 1 aromatic heterocycles. The van der Waals surface area contributed by atoms with Crippen LogP contribution < -0.4 is 0 Å². The van der Waals surface area contributed by atoms with Gasteiger partial charge in [-0.05, 0) is 6.07 Å². The fourth-order valence-electron chi connectivity index (χ4n) is 1.09. The van der Waals surface area contributed by atoms with Gasteiger partial charge in [-0.2, -0.15) is 13.9 Å². The molecule has 0 saturated carbocycles. The summed E-state index contributed by atoms with van der Waals surface area (Å²) < 4.78 is 32.5. The Hall–Kier alpha value is -1.45. The van der Waals surface area contributed by atoms with Crippen LogP contribution in [-0.4, -0.2) is 9.78 Å². The molecule has 0 amide bonds. The molecule has 1 aromatic carbocycles. The van der Waals surface area contributed by atoms with Gasteiger partial charge >= 0.3 is 6.55 Å². The van der Waals surface area contributed by atoms with Gasteiger partial charge < -0.3 is 0 Å². The van der Waals surface area contributed by atoms with E-state index in [1.807, 2.05) is 0 Å². The van der Waals surface area contributed by atoms with Crippen LogP contribution in [0.3, 0.4) is 0 Å². The lowest BCUT2D eigenvalue weighted by molar-refractivity contribution is 0.0615. The van der Waals surface area contributed by atoms with Crippen LogP contribution in [0.15, 0.2) is 30.4 Å². The van der Waals surface area contributed by atoms with Gasteiger partial charge in [-0.15, -0.1) is 0 Å². The average Bonchev–Trinajstić information content (AvgIpc) is 2.46. The smallest absolute Gasteiger partial charge is 0.204 e. The van der Waals surface area contributed by atoms with Crippen molar-refractivity contribution in [2.75, 3.05) is 0 Å². The molecule has 4 heteroatoms. The summed E-state index contributed by atoms with van der Waals surface area (Å²) in [7, 11) is 0. The first kappa shape index (κ1) is 6.11. The van der Waals surface area contributed by atoms with Crippen LogP contribution in [-0.2, 0) is 0 Å². The Balaban J connectivity index is 2.69. The standard InChI is InChI=1S/C8H6F2N2/c9-8(10)12-7-4-2-1-3-6(7)5-11-12/h1-5,8H/i1D. The molecule has 0 aliphatic carbocycles. The molecule has 0 spiro atoms. The zero-order valence-electron chi connectivity index (χ0n) is 7.04. The Labute approximate surface area is 68.8 Å². The highest BCUT2D eigenvalue weighted by molar-refractivity contribution is 5.78. The third kappa shape index (κ3) is 0.958. The molecule has 0 atom stereocenters. The Bertz CT molecular complexity index is 439. The van der Waals surface area contributed by atoms with E-state index in [2.05, 4.69) is 5.10 Å². The maximum absolute atomic E-state index is 12.3. The molecular weight excluding hydrogens is 162 g/mol. The van der Waals surface area contributed by atoms with Crippen molar-refractivity contribution in [3.8, 4) is 0 Å². The monoisotopic (exact) mass is 169 g/mol. The second kappa shape index (κ2) is 2.55.